The molecule has 192 valence electrons. The summed E-state index contributed by atoms with van der Waals surface area (Å²) in [6.45, 7) is 4.27. The average molecular weight is 510 g/mol. The number of aromatic nitrogens is 5. The fourth-order valence-corrected chi connectivity index (χ4v) is 4.03. The van der Waals surface area contributed by atoms with Gasteiger partial charge in [0.25, 0.3) is 11.8 Å². The van der Waals surface area contributed by atoms with E-state index in [2.05, 4.69) is 35.6 Å². The molecule has 4 aromatic rings. The van der Waals surface area contributed by atoms with Gasteiger partial charge in [-0.2, -0.15) is 15.0 Å². The maximum Gasteiger partial charge on any atom is 0.255 e. The summed E-state index contributed by atoms with van der Waals surface area (Å²) in [7, 11) is 0. The van der Waals surface area contributed by atoms with E-state index in [4.69, 9.17) is 0 Å². The molecule has 1 aliphatic rings. The summed E-state index contributed by atoms with van der Waals surface area (Å²) < 4.78 is 0. The van der Waals surface area contributed by atoms with Gasteiger partial charge < -0.3 is 20.4 Å². The highest BCUT2D eigenvalue weighted by Gasteiger charge is 2.24. The number of nitrogens with one attached hydrogen (secondary N) is 2. The molecule has 0 saturated carbocycles. The molecule has 4 heterocycles. The number of amides is 2. The van der Waals surface area contributed by atoms with Crippen LogP contribution in [0.25, 0.3) is 0 Å². The van der Waals surface area contributed by atoms with Crippen molar-refractivity contribution < 1.29 is 9.59 Å². The summed E-state index contributed by atoms with van der Waals surface area (Å²) >= 11 is 0. The van der Waals surface area contributed by atoms with Crippen molar-refractivity contribution in [2.24, 2.45) is 0 Å². The quantitative estimate of drug-likeness (QED) is 0.386. The van der Waals surface area contributed by atoms with Crippen LogP contribution in [0.3, 0.4) is 0 Å². The molecule has 11 heteroatoms. The first-order valence-corrected chi connectivity index (χ1v) is 12.4. The van der Waals surface area contributed by atoms with Crippen molar-refractivity contribution in [1.82, 2.24) is 29.8 Å². The molecule has 0 atom stereocenters. The van der Waals surface area contributed by atoms with Crippen LogP contribution in [0.1, 0.15) is 33.5 Å². The number of rotatable bonds is 7. The van der Waals surface area contributed by atoms with Crippen LogP contribution in [-0.4, -0.2) is 67.8 Å². The van der Waals surface area contributed by atoms with Crippen molar-refractivity contribution in [3.63, 3.8) is 0 Å². The lowest BCUT2D eigenvalue weighted by Crippen LogP contribution is -2.49. The Kier molecular flexibility index (Phi) is 7.44. The van der Waals surface area contributed by atoms with Crippen LogP contribution in [0.5, 0.6) is 0 Å². The van der Waals surface area contributed by atoms with Crippen LogP contribution in [0.15, 0.2) is 73.2 Å². The number of carbonyl (C=O) groups is 2. The summed E-state index contributed by atoms with van der Waals surface area (Å²) in [5, 5.41) is 5.98. The zero-order valence-electron chi connectivity index (χ0n) is 20.9. The van der Waals surface area contributed by atoms with Gasteiger partial charge >= 0.3 is 0 Å². The first-order chi connectivity index (χ1) is 18.6. The van der Waals surface area contributed by atoms with Gasteiger partial charge in [0.2, 0.25) is 11.9 Å². The first kappa shape index (κ1) is 24.8. The van der Waals surface area contributed by atoms with E-state index in [1.54, 1.807) is 42.9 Å². The van der Waals surface area contributed by atoms with E-state index in [-0.39, 0.29) is 11.8 Å². The van der Waals surface area contributed by atoms with Gasteiger partial charge in [0.15, 0.2) is 0 Å². The van der Waals surface area contributed by atoms with E-state index in [1.165, 1.54) is 0 Å². The Morgan fingerprint density at radius 2 is 1.61 bits per heavy atom. The molecule has 0 unspecified atom stereocenters. The molecule has 2 N–H and O–H groups in total. The normalized spacial score (nSPS) is 13.2. The van der Waals surface area contributed by atoms with E-state index in [9.17, 15) is 9.59 Å². The first-order valence-electron chi connectivity index (χ1n) is 12.4. The highest BCUT2D eigenvalue weighted by atomic mass is 16.2. The lowest BCUT2D eigenvalue weighted by molar-refractivity contribution is 0.0746. The number of aryl methyl sites for hydroxylation is 1. The Labute approximate surface area is 220 Å². The van der Waals surface area contributed by atoms with E-state index >= 15 is 0 Å². The SMILES string of the molecule is CCc1nc(Nc2cc(C(=O)Nc3ccccc3)ccn2)nc(N2CCN(C(=O)c3ccncc3)CC2)n1. The van der Waals surface area contributed by atoms with Crippen LogP contribution in [-0.2, 0) is 6.42 Å². The molecule has 0 aliphatic carbocycles. The Balaban J connectivity index is 1.27. The van der Waals surface area contributed by atoms with Crippen LogP contribution in [0.2, 0.25) is 0 Å². The van der Waals surface area contributed by atoms with E-state index in [1.807, 2.05) is 47.1 Å². The van der Waals surface area contributed by atoms with E-state index in [0.29, 0.717) is 73.0 Å². The zero-order valence-corrected chi connectivity index (χ0v) is 20.9. The molecule has 1 aliphatic heterocycles. The molecule has 38 heavy (non-hydrogen) atoms. The minimum absolute atomic E-state index is 0.0124. The van der Waals surface area contributed by atoms with Gasteiger partial charge in [-0.3, -0.25) is 14.6 Å². The minimum atomic E-state index is -0.244. The third-order valence-electron chi connectivity index (χ3n) is 6.06. The van der Waals surface area contributed by atoms with Gasteiger partial charge in [-0.1, -0.05) is 25.1 Å². The number of anilines is 4. The molecule has 0 spiro atoms. The Morgan fingerprint density at radius 1 is 0.868 bits per heavy atom. The molecule has 1 aromatic carbocycles. The topological polar surface area (TPSA) is 129 Å². The molecule has 1 saturated heterocycles. The van der Waals surface area contributed by atoms with Gasteiger partial charge in [-0.05, 0) is 36.4 Å². The smallest absolute Gasteiger partial charge is 0.255 e. The van der Waals surface area contributed by atoms with E-state index < -0.39 is 0 Å². The summed E-state index contributed by atoms with van der Waals surface area (Å²) in [6.07, 6.45) is 5.42. The number of pyridine rings is 2. The number of para-hydroxylation sites is 1. The van der Waals surface area contributed by atoms with Gasteiger partial charge in [0.05, 0.1) is 0 Å². The zero-order chi connectivity index (χ0) is 26.3. The Hall–Kier alpha value is -4.93. The minimum Gasteiger partial charge on any atom is -0.337 e. The van der Waals surface area contributed by atoms with Crippen molar-refractivity contribution in [2.75, 3.05) is 41.7 Å². The highest BCUT2D eigenvalue weighted by Crippen LogP contribution is 2.19. The van der Waals surface area contributed by atoms with Crippen molar-refractivity contribution in [1.29, 1.82) is 0 Å². The molecule has 11 nitrogen and oxygen atoms in total. The molecule has 5 rings (SSSR count). The monoisotopic (exact) mass is 509 g/mol. The average Bonchev–Trinajstić information content (AvgIpc) is 2.98. The van der Waals surface area contributed by atoms with Crippen LogP contribution in [0.4, 0.5) is 23.4 Å². The maximum atomic E-state index is 12.8. The maximum absolute atomic E-state index is 12.8. The molecular formula is C27H27N9O2. The van der Waals surface area contributed by atoms with Crippen LogP contribution >= 0.6 is 0 Å². The molecule has 0 radical (unpaired) electrons. The van der Waals surface area contributed by atoms with Crippen molar-refractivity contribution in [2.45, 2.75) is 13.3 Å². The number of nitrogens with zero attached hydrogens (tertiary/aromatic N) is 7. The molecule has 3 aromatic heterocycles. The summed E-state index contributed by atoms with van der Waals surface area (Å²) in [5.41, 5.74) is 1.79. The molecule has 1 fully saturated rings. The Morgan fingerprint density at radius 3 is 2.34 bits per heavy atom. The van der Waals surface area contributed by atoms with Gasteiger partial charge in [0, 0.05) is 68.0 Å². The number of hydrogen-bond donors (Lipinski definition) is 2. The second-order valence-corrected chi connectivity index (χ2v) is 8.62. The standard InChI is InChI=1S/C27H27N9O2/c1-2-22-31-26(32-23-18-20(10-13-29-23)24(37)30-21-6-4-3-5-7-21)34-27(33-22)36-16-14-35(15-17-36)25(38)19-8-11-28-12-9-19/h3-13,18H,2,14-17H2,1H3,(H,30,37)(H,29,31,32,33,34). The third kappa shape index (κ3) is 5.89. The molecule has 2 amide bonds. The molecular weight excluding hydrogens is 482 g/mol. The highest BCUT2D eigenvalue weighted by molar-refractivity contribution is 6.04. The van der Waals surface area contributed by atoms with Gasteiger partial charge in [0.1, 0.15) is 11.6 Å². The number of benzene rings is 1. The summed E-state index contributed by atoms with van der Waals surface area (Å²) in [6, 6.07) is 16.0. The van der Waals surface area contributed by atoms with E-state index in [0.717, 1.165) is 0 Å². The van der Waals surface area contributed by atoms with Crippen molar-refractivity contribution in [3.05, 3.63) is 90.1 Å². The Bertz CT molecular complexity index is 1410. The van der Waals surface area contributed by atoms with Gasteiger partial charge in [-0.15, -0.1) is 0 Å². The predicted octanol–water partition coefficient (Wildman–Crippen LogP) is 3.18. The third-order valence-corrected chi connectivity index (χ3v) is 6.06. The summed E-state index contributed by atoms with van der Waals surface area (Å²) in [4.78, 5) is 51.4. The van der Waals surface area contributed by atoms with Crippen LogP contribution in [0, 0.1) is 0 Å². The van der Waals surface area contributed by atoms with Crippen molar-refractivity contribution in [3.8, 4) is 0 Å². The predicted molar refractivity (Wildman–Crippen MR) is 143 cm³/mol. The number of hydrogen-bond acceptors (Lipinski definition) is 9. The second-order valence-electron chi connectivity index (χ2n) is 8.62. The second kappa shape index (κ2) is 11.4. The van der Waals surface area contributed by atoms with Crippen LogP contribution < -0.4 is 15.5 Å². The summed E-state index contributed by atoms with van der Waals surface area (Å²) in [5.74, 6) is 1.69. The number of carbonyl (C=O) groups excluding carboxylic acids is 2. The fourth-order valence-electron chi connectivity index (χ4n) is 4.03. The fraction of sp³-hybridized carbons (Fsp3) is 0.222. The van der Waals surface area contributed by atoms with Gasteiger partial charge in [-0.25, -0.2) is 4.98 Å². The van der Waals surface area contributed by atoms with Crippen molar-refractivity contribution >= 4 is 35.2 Å². The lowest BCUT2D eigenvalue weighted by atomic mass is 10.2. The lowest BCUT2D eigenvalue weighted by Gasteiger charge is -2.34. The largest absolute Gasteiger partial charge is 0.337 e. The number of piperazine rings is 1. The molecule has 0 bridgehead atoms.